The highest BCUT2D eigenvalue weighted by atomic mass is 32.2. The Kier molecular flexibility index (Phi) is 18.0. The van der Waals surface area contributed by atoms with Crippen molar-refractivity contribution in [1.82, 2.24) is 26.6 Å². The Morgan fingerprint density at radius 2 is 1.29 bits per heavy atom. The fourth-order valence-electron chi connectivity index (χ4n) is 3.59. The molecule has 0 saturated heterocycles. The molecule has 0 bridgehead atoms. The Labute approximate surface area is 248 Å². The second kappa shape index (κ2) is 19.6. The van der Waals surface area contributed by atoms with Gasteiger partial charge < -0.3 is 47.6 Å². The predicted molar refractivity (Wildman–Crippen MR) is 153 cm³/mol. The Bertz CT molecular complexity index is 966. The number of amides is 5. The molecule has 0 radical (unpaired) electrons. The number of aliphatic carboxylic acids is 2. The molecular weight excluding hydrogens is 576 g/mol. The van der Waals surface area contributed by atoms with Crippen molar-refractivity contribution in [2.75, 3.05) is 25.2 Å². The third kappa shape index (κ3) is 13.5. The number of rotatable bonds is 20. The number of carbonyl (C=O) groups is 7. The predicted octanol–water partition coefficient (Wildman–Crippen LogP) is -2.62. The van der Waals surface area contributed by atoms with E-state index in [4.69, 9.17) is 5.73 Å². The van der Waals surface area contributed by atoms with E-state index in [9.17, 15) is 48.9 Å². The van der Waals surface area contributed by atoms with Crippen molar-refractivity contribution in [2.24, 2.45) is 17.6 Å². The van der Waals surface area contributed by atoms with Crippen LogP contribution in [0.25, 0.3) is 0 Å². The minimum atomic E-state index is -1.67. The van der Waals surface area contributed by atoms with Gasteiger partial charge in [0, 0.05) is 0 Å². The summed E-state index contributed by atoms with van der Waals surface area (Å²) < 4.78 is 0. The summed E-state index contributed by atoms with van der Waals surface area (Å²) in [7, 11) is 0. The monoisotopic (exact) mass is 620 g/mol. The molecule has 0 fully saturated rings. The van der Waals surface area contributed by atoms with Crippen molar-refractivity contribution in [3.8, 4) is 0 Å². The molecule has 0 saturated carbocycles. The van der Waals surface area contributed by atoms with Gasteiger partial charge in [-0.1, -0.05) is 34.1 Å². The Hall–Kier alpha value is -3.44. The van der Waals surface area contributed by atoms with Gasteiger partial charge in [0.1, 0.15) is 30.2 Å². The Morgan fingerprint density at radius 1 is 0.762 bits per heavy atom. The largest absolute Gasteiger partial charge is 0.481 e. The van der Waals surface area contributed by atoms with Gasteiger partial charge in [0.25, 0.3) is 0 Å². The summed E-state index contributed by atoms with van der Waals surface area (Å²) in [6.07, 6.45) is 1.33. The maximum atomic E-state index is 13.2. The highest BCUT2D eigenvalue weighted by Gasteiger charge is 2.35. The van der Waals surface area contributed by atoms with E-state index in [1.165, 1.54) is 11.8 Å². The average Bonchev–Trinajstić information content (AvgIpc) is 2.93. The van der Waals surface area contributed by atoms with E-state index in [1.54, 1.807) is 34.0 Å². The summed E-state index contributed by atoms with van der Waals surface area (Å²) in [5, 5.41) is 40.0. The first kappa shape index (κ1) is 38.6. The third-order valence-corrected chi connectivity index (χ3v) is 6.94. The zero-order valence-electron chi connectivity index (χ0n) is 24.5. The lowest BCUT2D eigenvalue weighted by Gasteiger charge is -2.28. The van der Waals surface area contributed by atoms with Crippen LogP contribution in [-0.2, 0) is 33.6 Å². The molecule has 0 aliphatic rings. The summed E-state index contributed by atoms with van der Waals surface area (Å²) in [5.41, 5.74) is 5.22. The molecule has 240 valence electrons. The van der Waals surface area contributed by atoms with Gasteiger partial charge in [0.05, 0.1) is 19.6 Å². The highest BCUT2D eigenvalue weighted by molar-refractivity contribution is 7.98. The topological polar surface area (TPSA) is 266 Å². The molecule has 0 aromatic heterocycles. The van der Waals surface area contributed by atoms with Gasteiger partial charge in [-0.15, -0.1) is 0 Å². The second-order valence-electron chi connectivity index (χ2n) is 9.95. The third-order valence-electron chi connectivity index (χ3n) is 6.30. The number of aliphatic hydroxyl groups is 1. The van der Waals surface area contributed by atoms with E-state index in [-0.39, 0.29) is 6.42 Å². The highest BCUT2D eigenvalue weighted by Crippen LogP contribution is 2.11. The fourth-order valence-corrected chi connectivity index (χ4v) is 4.06. The molecule has 0 aromatic rings. The van der Waals surface area contributed by atoms with Crippen molar-refractivity contribution in [3.63, 3.8) is 0 Å². The molecule has 0 rings (SSSR count). The van der Waals surface area contributed by atoms with Crippen LogP contribution >= 0.6 is 11.8 Å². The second-order valence-corrected chi connectivity index (χ2v) is 10.9. The standard InChI is InChI=1S/C25H44N6O10S/c1-6-13(4)20(31-23(38)16(11-32)27-17(33)10-26)24(39)29-15(9-18(34)35)22(37)28-14(7-8-42-5)21(36)30-19(12(2)3)25(40)41/h12-16,19-20,32H,6-11,26H2,1-5H3,(H,27,33)(H,28,37)(H,29,39)(H,30,36)(H,31,38)(H,34,35)(H,40,41)/t13-,14-,15-,16-,19-,20-/m0/s1. The Balaban J connectivity index is 5.96. The van der Waals surface area contributed by atoms with Gasteiger partial charge in [-0.25, -0.2) is 4.79 Å². The molecule has 0 heterocycles. The van der Waals surface area contributed by atoms with Crippen LogP contribution in [0.15, 0.2) is 0 Å². The van der Waals surface area contributed by atoms with Crippen LogP contribution in [0, 0.1) is 11.8 Å². The molecule has 0 unspecified atom stereocenters. The maximum absolute atomic E-state index is 13.2. The minimum absolute atomic E-state index is 0.0829. The maximum Gasteiger partial charge on any atom is 0.326 e. The van der Waals surface area contributed by atoms with Crippen molar-refractivity contribution >= 4 is 53.2 Å². The van der Waals surface area contributed by atoms with Crippen LogP contribution in [0.3, 0.4) is 0 Å². The van der Waals surface area contributed by atoms with E-state index >= 15 is 0 Å². The summed E-state index contributed by atoms with van der Waals surface area (Å²) in [6, 6.07) is -6.87. The van der Waals surface area contributed by atoms with Crippen molar-refractivity contribution < 1.29 is 48.9 Å². The van der Waals surface area contributed by atoms with Gasteiger partial charge in [0.15, 0.2) is 0 Å². The summed E-state index contributed by atoms with van der Waals surface area (Å²) in [4.78, 5) is 86.7. The number of carbonyl (C=O) groups excluding carboxylic acids is 5. The minimum Gasteiger partial charge on any atom is -0.481 e. The van der Waals surface area contributed by atoms with E-state index in [2.05, 4.69) is 26.6 Å². The first-order valence-electron chi connectivity index (χ1n) is 13.4. The number of hydrogen-bond donors (Lipinski definition) is 9. The van der Waals surface area contributed by atoms with Gasteiger partial charge in [-0.2, -0.15) is 11.8 Å². The number of hydrogen-bond acceptors (Lipinski definition) is 10. The van der Waals surface area contributed by atoms with E-state index in [0.29, 0.717) is 12.2 Å². The lowest BCUT2D eigenvalue weighted by Crippen LogP contribution is -2.61. The van der Waals surface area contributed by atoms with Gasteiger partial charge in [-0.3, -0.25) is 28.8 Å². The van der Waals surface area contributed by atoms with Crippen LogP contribution in [0.4, 0.5) is 0 Å². The van der Waals surface area contributed by atoms with E-state index in [1.807, 2.05) is 0 Å². The molecule has 42 heavy (non-hydrogen) atoms. The molecule has 0 aliphatic carbocycles. The summed E-state index contributed by atoms with van der Waals surface area (Å²) in [6.45, 7) is 5.27. The molecule has 0 spiro atoms. The van der Waals surface area contributed by atoms with Crippen molar-refractivity contribution in [3.05, 3.63) is 0 Å². The molecule has 17 heteroatoms. The number of aliphatic hydroxyl groups excluding tert-OH is 1. The SMILES string of the molecule is CC[C@H](C)[C@H](NC(=O)[C@H](CO)NC(=O)CN)C(=O)N[C@@H](CC(=O)O)C(=O)N[C@@H](CCSC)C(=O)N[C@H](C(=O)O)C(C)C. The van der Waals surface area contributed by atoms with E-state index in [0.717, 1.165) is 0 Å². The molecule has 16 nitrogen and oxygen atoms in total. The van der Waals surface area contributed by atoms with Crippen LogP contribution in [0.1, 0.15) is 47.0 Å². The van der Waals surface area contributed by atoms with Gasteiger partial charge in [-0.05, 0) is 30.3 Å². The fraction of sp³-hybridized carbons (Fsp3) is 0.720. The number of nitrogens with two attached hydrogens (primary N) is 1. The molecule has 0 aliphatic heterocycles. The normalized spacial score (nSPS) is 15.2. The summed E-state index contributed by atoms with van der Waals surface area (Å²) in [5.74, 6) is -7.69. The number of carboxylic acid groups (broad SMARTS) is 2. The van der Waals surface area contributed by atoms with Crippen LogP contribution in [0.5, 0.6) is 0 Å². The van der Waals surface area contributed by atoms with Crippen LogP contribution < -0.4 is 32.3 Å². The van der Waals surface area contributed by atoms with Crippen LogP contribution in [0.2, 0.25) is 0 Å². The molecular formula is C25H44N6O10S. The lowest BCUT2D eigenvalue weighted by atomic mass is 9.97. The molecule has 10 N–H and O–H groups in total. The van der Waals surface area contributed by atoms with Gasteiger partial charge >= 0.3 is 11.9 Å². The number of thioether (sulfide) groups is 1. The first-order valence-corrected chi connectivity index (χ1v) is 14.8. The molecule has 5 amide bonds. The quantitative estimate of drug-likeness (QED) is 0.0677. The summed E-state index contributed by atoms with van der Waals surface area (Å²) >= 11 is 1.36. The van der Waals surface area contributed by atoms with Crippen molar-refractivity contribution in [1.29, 1.82) is 0 Å². The number of carboxylic acids is 2. The smallest absolute Gasteiger partial charge is 0.326 e. The number of nitrogens with one attached hydrogen (secondary N) is 5. The lowest BCUT2D eigenvalue weighted by molar-refractivity contribution is -0.144. The van der Waals surface area contributed by atoms with Gasteiger partial charge in [0.2, 0.25) is 29.5 Å². The Morgan fingerprint density at radius 3 is 1.74 bits per heavy atom. The zero-order valence-corrected chi connectivity index (χ0v) is 25.3. The molecule has 0 aromatic carbocycles. The van der Waals surface area contributed by atoms with Crippen molar-refractivity contribution in [2.45, 2.75) is 77.2 Å². The first-order chi connectivity index (χ1) is 19.6. The zero-order chi connectivity index (χ0) is 32.6. The molecule has 6 atom stereocenters. The average molecular weight is 621 g/mol. The van der Waals surface area contributed by atoms with E-state index < -0.39 is 103 Å². The van der Waals surface area contributed by atoms with Crippen LogP contribution in [-0.4, -0.2) is 112 Å².